The zero-order chi connectivity index (χ0) is 11.3. The van der Waals surface area contributed by atoms with E-state index in [9.17, 15) is 4.79 Å². The van der Waals surface area contributed by atoms with Crippen molar-refractivity contribution in [1.29, 1.82) is 0 Å². The first-order valence-electron chi connectivity index (χ1n) is 4.39. The number of aryl methyl sites for hydroxylation is 1. The minimum Gasteiger partial charge on any atom is -0.450 e. The van der Waals surface area contributed by atoms with Crippen molar-refractivity contribution in [2.75, 3.05) is 5.32 Å². The van der Waals surface area contributed by atoms with Gasteiger partial charge in [-0.2, -0.15) is 0 Å². The summed E-state index contributed by atoms with van der Waals surface area (Å²) >= 11 is 0. The van der Waals surface area contributed by atoms with Gasteiger partial charge >= 0.3 is 6.16 Å². The first-order valence-corrected chi connectivity index (χ1v) is 4.39. The lowest BCUT2D eigenvalue weighted by molar-refractivity contribution is -0.116. The van der Waals surface area contributed by atoms with E-state index < -0.39 is 6.16 Å². The third-order valence-electron chi connectivity index (χ3n) is 1.91. The molecule has 0 aromatic heterocycles. The molecular formula is C10H11NO4. The summed E-state index contributed by atoms with van der Waals surface area (Å²) in [5.74, 6) is 0.128. The SMILES string of the molecule is O=C(O)O.O=C1CCc2ccccc2N1. The summed E-state index contributed by atoms with van der Waals surface area (Å²) in [5, 5.41) is 16.8. The molecule has 1 heterocycles. The van der Waals surface area contributed by atoms with Gasteiger partial charge in [-0.25, -0.2) is 4.79 Å². The van der Waals surface area contributed by atoms with Crippen molar-refractivity contribution < 1.29 is 19.8 Å². The molecule has 1 aliphatic heterocycles. The maximum Gasteiger partial charge on any atom is 0.503 e. The predicted octanol–water partition coefficient (Wildman–Crippen LogP) is 1.79. The Morgan fingerprint density at radius 3 is 2.47 bits per heavy atom. The number of benzene rings is 1. The molecule has 3 N–H and O–H groups in total. The van der Waals surface area contributed by atoms with Gasteiger partial charge in [0.1, 0.15) is 0 Å². The molecule has 80 valence electrons. The predicted molar refractivity (Wildman–Crippen MR) is 54.0 cm³/mol. The zero-order valence-corrected chi connectivity index (χ0v) is 7.93. The molecule has 0 spiro atoms. The molecule has 5 nitrogen and oxygen atoms in total. The average Bonchev–Trinajstić information content (AvgIpc) is 2.16. The summed E-state index contributed by atoms with van der Waals surface area (Å²) in [5.41, 5.74) is 2.22. The molecule has 1 amide bonds. The summed E-state index contributed by atoms with van der Waals surface area (Å²) < 4.78 is 0. The van der Waals surface area contributed by atoms with E-state index >= 15 is 0 Å². The van der Waals surface area contributed by atoms with E-state index in [2.05, 4.69) is 11.4 Å². The second-order valence-corrected chi connectivity index (χ2v) is 2.99. The van der Waals surface area contributed by atoms with E-state index in [0.717, 1.165) is 12.1 Å². The van der Waals surface area contributed by atoms with Gasteiger partial charge < -0.3 is 15.5 Å². The molecule has 0 aliphatic carbocycles. The highest BCUT2D eigenvalue weighted by atomic mass is 16.6. The highest BCUT2D eigenvalue weighted by Crippen LogP contribution is 2.20. The first kappa shape index (κ1) is 11.0. The Bertz CT molecular complexity index is 371. The normalized spacial score (nSPS) is 12.9. The van der Waals surface area contributed by atoms with Crippen LogP contribution in [0.15, 0.2) is 24.3 Å². The number of amides is 1. The molecule has 1 aromatic rings. The fourth-order valence-corrected chi connectivity index (χ4v) is 1.32. The van der Waals surface area contributed by atoms with E-state index in [1.54, 1.807) is 0 Å². The molecule has 0 radical (unpaired) electrons. The summed E-state index contributed by atoms with van der Waals surface area (Å²) in [6.45, 7) is 0. The largest absolute Gasteiger partial charge is 0.503 e. The monoisotopic (exact) mass is 209 g/mol. The number of nitrogens with one attached hydrogen (secondary N) is 1. The number of rotatable bonds is 0. The third kappa shape index (κ3) is 3.68. The van der Waals surface area contributed by atoms with Crippen LogP contribution in [0.4, 0.5) is 10.5 Å². The molecule has 0 saturated heterocycles. The number of hydrogen-bond donors (Lipinski definition) is 3. The maximum atomic E-state index is 10.9. The van der Waals surface area contributed by atoms with Gasteiger partial charge in [0.25, 0.3) is 0 Å². The molecule has 0 bridgehead atoms. The fourth-order valence-electron chi connectivity index (χ4n) is 1.32. The minimum atomic E-state index is -1.83. The van der Waals surface area contributed by atoms with Gasteiger partial charge in [0.05, 0.1) is 0 Å². The van der Waals surface area contributed by atoms with Gasteiger partial charge in [0.15, 0.2) is 0 Å². The molecule has 0 fully saturated rings. The number of carboxylic acid groups (broad SMARTS) is 2. The quantitative estimate of drug-likeness (QED) is 0.608. The third-order valence-corrected chi connectivity index (χ3v) is 1.91. The van der Waals surface area contributed by atoms with Crippen molar-refractivity contribution in [2.45, 2.75) is 12.8 Å². The van der Waals surface area contributed by atoms with Crippen LogP contribution in [-0.4, -0.2) is 22.3 Å². The van der Waals surface area contributed by atoms with Crippen LogP contribution in [0.25, 0.3) is 0 Å². The van der Waals surface area contributed by atoms with Crippen LogP contribution in [0.5, 0.6) is 0 Å². The van der Waals surface area contributed by atoms with Crippen LogP contribution < -0.4 is 5.32 Å². The molecule has 1 aliphatic rings. The van der Waals surface area contributed by atoms with Crippen molar-refractivity contribution >= 4 is 17.7 Å². The highest BCUT2D eigenvalue weighted by molar-refractivity contribution is 5.93. The summed E-state index contributed by atoms with van der Waals surface area (Å²) in [6.07, 6.45) is -0.334. The Labute approximate surface area is 86.4 Å². The van der Waals surface area contributed by atoms with Gasteiger partial charge in [-0.1, -0.05) is 18.2 Å². The molecule has 0 atom stereocenters. The molecule has 5 heteroatoms. The second kappa shape index (κ2) is 4.99. The average molecular weight is 209 g/mol. The number of anilines is 1. The number of hydrogen-bond acceptors (Lipinski definition) is 2. The molecule has 1 aromatic carbocycles. The molecular weight excluding hydrogens is 198 g/mol. The Hall–Kier alpha value is -2.04. The summed E-state index contributed by atoms with van der Waals surface area (Å²) in [6, 6.07) is 7.92. The van der Waals surface area contributed by atoms with Crippen LogP contribution in [0, 0.1) is 0 Å². The highest BCUT2D eigenvalue weighted by Gasteiger charge is 2.12. The molecule has 0 saturated carbocycles. The van der Waals surface area contributed by atoms with Crippen LogP contribution in [0.1, 0.15) is 12.0 Å². The lowest BCUT2D eigenvalue weighted by Gasteiger charge is -2.15. The molecule has 2 rings (SSSR count). The minimum absolute atomic E-state index is 0.128. The van der Waals surface area contributed by atoms with Gasteiger partial charge in [-0.15, -0.1) is 0 Å². The zero-order valence-electron chi connectivity index (χ0n) is 7.93. The Morgan fingerprint density at radius 2 is 1.80 bits per heavy atom. The number of fused-ring (bicyclic) bond motifs is 1. The van der Waals surface area contributed by atoms with Crippen molar-refractivity contribution in [3.05, 3.63) is 29.8 Å². The van der Waals surface area contributed by atoms with Crippen molar-refractivity contribution in [3.63, 3.8) is 0 Å². The van der Waals surface area contributed by atoms with Gasteiger partial charge in [0, 0.05) is 12.1 Å². The number of para-hydroxylation sites is 1. The van der Waals surface area contributed by atoms with Crippen LogP contribution in [0.3, 0.4) is 0 Å². The number of carbonyl (C=O) groups is 2. The fraction of sp³-hybridized carbons (Fsp3) is 0.200. The van der Waals surface area contributed by atoms with Gasteiger partial charge in [-0.3, -0.25) is 4.79 Å². The van der Waals surface area contributed by atoms with E-state index in [1.165, 1.54) is 5.56 Å². The Balaban J connectivity index is 0.000000245. The van der Waals surface area contributed by atoms with Crippen LogP contribution in [-0.2, 0) is 11.2 Å². The lowest BCUT2D eigenvalue weighted by atomic mass is 10.0. The smallest absolute Gasteiger partial charge is 0.450 e. The topological polar surface area (TPSA) is 86.6 Å². The summed E-state index contributed by atoms with van der Waals surface area (Å²) in [7, 11) is 0. The first-order chi connectivity index (χ1) is 7.09. The van der Waals surface area contributed by atoms with E-state index in [4.69, 9.17) is 15.0 Å². The van der Waals surface area contributed by atoms with Gasteiger partial charge in [-0.05, 0) is 18.1 Å². The Kier molecular flexibility index (Phi) is 3.68. The number of carbonyl (C=O) groups excluding carboxylic acids is 1. The standard InChI is InChI=1S/C9H9NO.CH2O3/c11-9-6-5-7-3-1-2-4-8(7)10-9;2-1(3)4/h1-4H,5-6H2,(H,10,11);(H2,2,3,4). The maximum absolute atomic E-state index is 10.9. The lowest BCUT2D eigenvalue weighted by Crippen LogP contribution is -2.18. The molecule has 0 unspecified atom stereocenters. The van der Waals surface area contributed by atoms with E-state index in [-0.39, 0.29) is 5.91 Å². The van der Waals surface area contributed by atoms with Crippen molar-refractivity contribution in [1.82, 2.24) is 0 Å². The van der Waals surface area contributed by atoms with E-state index in [1.807, 2.05) is 18.2 Å². The van der Waals surface area contributed by atoms with E-state index in [0.29, 0.717) is 6.42 Å². The van der Waals surface area contributed by atoms with Crippen molar-refractivity contribution in [3.8, 4) is 0 Å². The summed E-state index contributed by atoms with van der Waals surface area (Å²) in [4.78, 5) is 19.5. The Morgan fingerprint density at radius 1 is 1.20 bits per heavy atom. The second-order valence-electron chi connectivity index (χ2n) is 2.99. The van der Waals surface area contributed by atoms with Crippen LogP contribution >= 0.6 is 0 Å². The van der Waals surface area contributed by atoms with Crippen LogP contribution in [0.2, 0.25) is 0 Å². The van der Waals surface area contributed by atoms with Gasteiger partial charge in [0.2, 0.25) is 5.91 Å². The van der Waals surface area contributed by atoms with Crippen molar-refractivity contribution in [2.24, 2.45) is 0 Å². The molecule has 15 heavy (non-hydrogen) atoms.